The lowest BCUT2D eigenvalue weighted by Crippen LogP contribution is -2.50. The van der Waals surface area contributed by atoms with Gasteiger partial charge in [0.05, 0.1) is 12.3 Å². The zero-order chi connectivity index (χ0) is 17.4. The number of para-hydroxylation sites is 2. The second-order valence-electron chi connectivity index (χ2n) is 7.16. The number of ether oxygens (including phenoxy) is 2. The van der Waals surface area contributed by atoms with Gasteiger partial charge in [0.2, 0.25) is 5.91 Å². The van der Waals surface area contributed by atoms with E-state index in [0.717, 1.165) is 39.0 Å². The number of anilines is 1. The zero-order valence-electron chi connectivity index (χ0n) is 14.5. The van der Waals surface area contributed by atoms with Crippen LogP contribution in [0.2, 0.25) is 0 Å². The molecule has 0 aromatic heterocycles. The van der Waals surface area contributed by atoms with Crippen molar-refractivity contribution in [2.75, 3.05) is 31.2 Å². The highest BCUT2D eigenvalue weighted by Crippen LogP contribution is 2.34. The summed E-state index contributed by atoms with van der Waals surface area (Å²) in [5.41, 5.74) is 0.680. The third-order valence-corrected chi connectivity index (χ3v) is 5.15. The van der Waals surface area contributed by atoms with E-state index >= 15 is 0 Å². The predicted molar refractivity (Wildman–Crippen MR) is 92.5 cm³/mol. The van der Waals surface area contributed by atoms with Crippen LogP contribution in [0.25, 0.3) is 0 Å². The molecule has 6 nitrogen and oxygen atoms in total. The summed E-state index contributed by atoms with van der Waals surface area (Å²) in [5.74, 6) is 0.930. The zero-order valence-corrected chi connectivity index (χ0v) is 14.5. The molecule has 2 amide bonds. The summed E-state index contributed by atoms with van der Waals surface area (Å²) in [5, 5.41) is 0. The van der Waals surface area contributed by atoms with Gasteiger partial charge in [-0.15, -0.1) is 0 Å². The van der Waals surface area contributed by atoms with Gasteiger partial charge in [-0.05, 0) is 38.3 Å². The molecule has 2 aliphatic heterocycles. The Hall–Kier alpha value is -2.08. The fraction of sp³-hybridized carbons (Fsp3) is 0.579. The Morgan fingerprint density at radius 3 is 2.80 bits per heavy atom. The number of nitrogens with zero attached hydrogens (tertiary/aromatic N) is 2. The van der Waals surface area contributed by atoms with Crippen molar-refractivity contribution in [2.45, 2.75) is 38.3 Å². The fourth-order valence-corrected chi connectivity index (χ4v) is 3.59. The van der Waals surface area contributed by atoms with Crippen LogP contribution in [0.1, 0.15) is 26.2 Å². The van der Waals surface area contributed by atoms with Crippen LogP contribution >= 0.6 is 0 Å². The molecule has 0 radical (unpaired) electrons. The van der Waals surface area contributed by atoms with Crippen LogP contribution in [0.5, 0.6) is 5.75 Å². The molecule has 1 aromatic rings. The maximum absolute atomic E-state index is 13.0. The highest BCUT2D eigenvalue weighted by molar-refractivity contribution is 6.03. The molecule has 1 aromatic carbocycles. The molecule has 1 saturated heterocycles. The number of benzene rings is 1. The molecule has 2 fully saturated rings. The normalized spacial score (nSPS) is 25.5. The Labute approximate surface area is 147 Å². The lowest BCUT2D eigenvalue weighted by molar-refractivity contribution is -0.134. The van der Waals surface area contributed by atoms with Crippen LogP contribution in [-0.4, -0.2) is 55.2 Å². The molecule has 0 spiro atoms. The molecule has 4 rings (SSSR count). The van der Waals surface area contributed by atoms with Gasteiger partial charge < -0.3 is 14.4 Å². The van der Waals surface area contributed by atoms with E-state index in [1.165, 1.54) is 0 Å². The molecule has 2 unspecified atom stereocenters. The third kappa shape index (κ3) is 3.35. The molecule has 25 heavy (non-hydrogen) atoms. The van der Waals surface area contributed by atoms with E-state index in [1.54, 1.807) is 11.8 Å². The van der Waals surface area contributed by atoms with Gasteiger partial charge in [-0.25, -0.2) is 0 Å². The largest absolute Gasteiger partial charge is 0.479 e. The van der Waals surface area contributed by atoms with Crippen LogP contribution < -0.4 is 9.64 Å². The SMILES string of the molecule is CC1Oc2ccccc2N(CC(=O)N(CC2CCOC2)C2CC2)C1=O. The molecule has 2 atom stereocenters. The summed E-state index contributed by atoms with van der Waals surface area (Å²) >= 11 is 0. The number of hydrogen-bond acceptors (Lipinski definition) is 4. The van der Waals surface area contributed by atoms with Crippen molar-refractivity contribution < 1.29 is 19.1 Å². The van der Waals surface area contributed by atoms with E-state index in [-0.39, 0.29) is 18.4 Å². The highest BCUT2D eigenvalue weighted by Gasteiger charge is 2.38. The van der Waals surface area contributed by atoms with Gasteiger partial charge in [0.15, 0.2) is 6.10 Å². The third-order valence-electron chi connectivity index (χ3n) is 5.15. The van der Waals surface area contributed by atoms with E-state index in [9.17, 15) is 9.59 Å². The summed E-state index contributed by atoms with van der Waals surface area (Å²) in [4.78, 5) is 29.1. The van der Waals surface area contributed by atoms with E-state index in [1.807, 2.05) is 29.2 Å². The molecular formula is C19H24N2O4. The van der Waals surface area contributed by atoms with E-state index in [2.05, 4.69) is 0 Å². The Morgan fingerprint density at radius 1 is 1.28 bits per heavy atom. The minimum atomic E-state index is -0.569. The van der Waals surface area contributed by atoms with Gasteiger partial charge in [-0.3, -0.25) is 14.5 Å². The Morgan fingerprint density at radius 2 is 2.08 bits per heavy atom. The lowest BCUT2D eigenvalue weighted by Gasteiger charge is -2.34. The van der Waals surface area contributed by atoms with Crippen molar-refractivity contribution in [3.63, 3.8) is 0 Å². The number of amides is 2. The highest BCUT2D eigenvalue weighted by atomic mass is 16.5. The van der Waals surface area contributed by atoms with Crippen molar-refractivity contribution in [1.29, 1.82) is 0 Å². The molecule has 0 bridgehead atoms. The first-order valence-electron chi connectivity index (χ1n) is 9.08. The molecule has 1 aliphatic carbocycles. The number of hydrogen-bond donors (Lipinski definition) is 0. The van der Waals surface area contributed by atoms with Crippen LogP contribution in [0.4, 0.5) is 5.69 Å². The summed E-state index contributed by atoms with van der Waals surface area (Å²) in [7, 11) is 0. The summed E-state index contributed by atoms with van der Waals surface area (Å²) < 4.78 is 11.1. The second-order valence-corrected chi connectivity index (χ2v) is 7.16. The number of carbonyl (C=O) groups excluding carboxylic acids is 2. The first-order valence-corrected chi connectivity index (χ1v) is 9.08. The maximum Gasteiger partial charge on any atom is 0.268 e. The molecule has 6 heteroatoms. The monoisotopic (exact) mass is 344 g/mol. The van der Waals surface area contributed by atoms with Gasteiger partial charge >= 0.3 is 0 Å². The minimum Gasteiger partial charge on any atom is -0.479 e. The standard InChI is InChI=1S/C19H24N2O4/c1-13-19(23)21(16-4-2-3-5-17(16)25-13)11-18(22)20(15-6-7-15)10-14-8-9-24-12-14/h2-5,13-15H,6-12H2,1H3. The van der Waals surface area contributed by atoms with E-state index in [0.29, 0.717) is 23.4 Å². The summed E-state index contributed by atoms with van der Waals surface area (Å²) in [6.07, 6.45) is 2.56. The van der Waals surface area contributed by atoms with Gasteiger partial charge in [-0.2, -0.15) is 0 Å². The van der Waals surface area contributed by atoms with Gasteiger partial charge in [0, 0.05) is 25.1 Å². The number of carbonyl (C=O) groups is 2. The van der Waals surface area contributed by atoms with Gasteiger partial charge in [-0.1, -0.05) is 12.1 Å². The van der Waals surface area contributed by atoms with Crippen LogP contribution in [0, 0.1) is 5.92 Å². The topological polar surface area (TPSA) is 59.1 Å². The van der Waals surface area contributed by atoms with Crippen LogP contribution in [0.15, 0.2) is 24.3 Å². The number of rotatable bonds is 5. The molecule has 134 valence electrons. The van der Waals surface area contributed by atoms with E-state index < -0.39 is 6.10 Å². The Bertz CT molecular complexity index is 667. The van der Waals surface area contributed by atoms with Gasteiger partial charge in [0.1, 0.15) is 12.3 Å². The quantitative estimate of drug-likeness (QED) is 0.818. The summed E-state index contributed by atoms with van der Waals surface area (Å²) in [6, 6.07) is 7.73. The smallest absolute Gasteiger partial charge is 0.268 e. The van der Waals surface area contributed by atoms with Crippen molar-refractivity contribution >= 4 is 17.5 Å². The van der Waals surface area contributed by atoms with Crippen LogP contribution in [-0.2, 0) is 14.3 Å². The number of fused-ring (bicyclic) bond motifs is 1. The van der Waals surface area contributed by atoms with Crippen molar-refractivity contribution in [3.05, 3.63) is 24.3 Å². The lowest BCUT2D eigenvalue weighted by atomic mass is 10.1. The van der Waals surface area contributed by atoms with Gasteiger partial charge in [0.25, 0.3) is 5.91 Å². The van der Waals surface area contributed by atoms with Crippen molar-refractivity contribution in [1.82, 2.24) is 4.90 Å². The minimum absolute atomic E-state index is 0.0200. The average molecular weight is 344 g/mol. The van der Waals surface area contributed by atoms with Crippen LogP contribution in [0.3, 0.4) is 0 Å². The molecule has 2 heterocycles. The maximum atomic E-state index is 13.0. The molecule has 0 N–H and O–H groups in total. The predicted octanol–water partition coefficient (Wildman–Crippen LogP) is 1.83. The van der Waals surface area contributed by atoms with E-state index in [4.69, 9.17) is 9.47 Å². The average Bonchev–Trinajstić information content (AvgIpc) is 3.32. The second kappa shape index (κ2) is 6.67. The van der Waals surface area contributed by atoms with Crippen molar-refractivity contribution in [3.8, 4) is 5.75 Å². The fourth-order valence-electron chi connectivity index (χ4n) is 3.59. The molecule has 1 saturated carbocycles. The first-order chi connectivity index (χ1) is 12.1. The molecular weight excluding hydrogens is 320 g/mol. The Kier molecular flexibility index (Phi) is 4.37. The van der Waals surface area contributed by atoms with Crippen molar-refractivity contribution in [2.24, 2.45) is 5.92 Å². The Balaban J connectivity index is 1.51. The summed E-state index contributed by atoms with van der Waals surface area (Å²) in [6.45, 7) is 4.05. The molecule has 3 aliphatic rings. The first kappa shape index (κ1) is 16.4.